The summed E-state index contributed by atoms with van der Waals surface area (Å²) in [6.07, 6.45) is 10.1. The number of guanidine groups is 1. The third-order valence-corrected chi connectivity index (χ3v) is 3.47. The summed E-state index contributed by atoms with van der Waals surface area (Å²) in [6, 6.07) is 0.608. The average molecular weight is 391 g/mol. The van der Waals surface area contributed by atoms with E-state index in [2.05, 4.69) is 27.6 Å². The molecule has 0 atom stereocenters. The van der Waals surface area contributed by atoms with Crippen molar-refractivity contribution in [2.75, 3.05) is 13.1 Å². The molecular weight excluding hydrogens is 365 g/mol. The molecule has 1 aliphatic rings. The molecule has 114 valence electrons. The summed E-state index contributed by atoms with van der Waals surface area (Å²) >= 11 is 0. The van der Waals surface area contributed by atoms with Crippen LogP contribution in [-0.2, 0) is 13.5 Å². The van der Waals surface area contributed by atoms with E-state index in [9.17, 15) is 0 Å². The van der Waals surface area contributed by atoms with Crippen molar-refractivity contribution in [2.24, 2.45) is 12.0 Å². The van der Waals surface area contributed by atoms with Gasteiger partial charge in [0.05, 0.1) is 6.20 Å². The first-order chi connectivity index (χ1) is 9.28. The zero-order chi connectivity index (χ0) is 13.5. The third kappa shape index (κ3) is 5.68. The van der Waals surface area contributed by atoms with Crippen LogP contribution >= 0.6 is 24.0 Å². The Morgan fingerprint density at radius 1 is 1.45 bits per heavy atom. The first-order valence-electron chi connectivity index (χ1n) is 7.30. The highest BCUT2D eigenvalue weighted by molar-refractivity contribution is 14.0. The molecule has 0 amide bonds. The molecule has 2 rings (SSSR count). The number of nitrogens with one attached hydrogen (secondary N) is 2. The van der Waals surface area contributed by atoms with E-state index in [0.717, 1.165) is 25.5 Å². The van der Waals surface area contributed by atoms with Crippen molar-refractivity contribution in [1.82, 2.24) is 20.4 Å². The van der Waals surface area contributed by atoms with Crippen LogP contribution in [0.2, 0.25) is 0 Å². The topological polar surface area (TPSA) is 54.2 Å². The van der Waals surface area contributed by atoms with Crippen molar-refractivity contribution < 1.29 is 0 Å². The highest BCUT2D eigenvalue weighted by Gasteiger charge is 2.15. The normalized spacial score (nSPS) is 16.0. The van der Waals surface area contributed by atoms with Gasteiger partial charge in [0.1, 0.15) is 0 Å². The van der Waals surface area contributed by atoms with Gasteiger partial charge in [0.25, 0.3) is 0 Å². The Balaban J connectivity index is 0.00000200. The van der Waals surface area contributed by atoms with E-state index < -0.39 is 0 Å². The molecule has 6 heteroatoms. The molecule has 5 nitrogen and oxygen atoms in total. The quantitative estimate of drug-likeness (QED) is 0.459. The van der Waals surface area contributed by atoms with Gasteiger partial charge in [-0.3, -0.25) is 9.67 Å². The van der Waals surface area contributed by atoms with Crippen LogP contribution in [0.5, 0.6) is 0 Å². The maximum absolute atomic E-state index is 4.64. The van der Waals surface area contributed by atoms with Gasteiger partial charge >= 0.3 is 0 Å². The molecule has 0 aromatic carbocycles. The molecule has 0 bridgehead atoms. The molecule has 20 heavy (non-hydrogen) atoms. The molecule has 2 N–H and O–H groups in total. The summed E-state index contributed by atoms with van der Waals surface area (Å²) in [5.41, 5.74) is 1.24. The van der Waals surface area contributed by atoms with Crippen LogP contribution in [-0.4, -0.2) is 34.9 Å². The van der Waals surface area contributed by atoms with E-state index in [1.165, 1.54) is 31.2 Å². The largest absolute Gasteiger partial charge is 0.357 e. The van der Waals surface area contributed by atoms with Crippen molar-refractivity contribution in [3.8, 4) is 0 Å². The van der Waals surface area contributed by atoms with Crippen LogP contribution in [0.3, 0.4) is 0 Å². The van der Waals surface area contributed by atoms with Crippen molar-refractivity contribution >= 4 is 29.9 Å². The molecule has 0 spiro atoms. The molecule has 1 fully saturated rings. The fraction of sp³-hybridized carbons (Fsp3) is 0.714. The highest BCUT2D eigenvalue weighted by Crippen LogP contribution is 2.17. The number of aromatic nitrogens is 2. The van der Waals surface area contributed by atoms with Gasteiger partial charge in [-0.05, 0) is 31.7 Å². The zero-order valence-electron chi connectivity index (χ0n) is 12.4. The minimum absolute atomic E-state index is 0. The zero-order valence-corrected chi connectivity index (χ0v) is 14.8. The van der Waals surface area contributed by atoms with E-state index in [1.807, 2.05) is 24.1 Å². The second-order valence-electron chi connectivity index (χ2n) is 5.16. The van der Waals surface area contributed by atoms with E-state index >= 15 is 0 Å². The molecule has 0 aliphatic heterocycles. The summed E-state index contributed by atoms with van der Waals surface area (Å²) in [5, 5.41) is 11.0. The van der Waals surface area contributed by atoms with Crippen LogP contribution in [0.4, 0.5) is 0 Å². The van der Waals surface area contributed by atoms with Gasteiger partial charge in [0, 0.05) is 32.4 Å². The number of hydrogen-bond acceptors (Lipinski definition) is 2. The van der Waals surface area contributed by atoms with Gasteiger partial charge < -0.3 is 10.6 Å². The Kier molecular flexibility index (Phi) is 7.94. The Bertz CT molecular complexity index is 409. The fourth-order valence-corrected chi connectivity index (χ4v) is 2.48. The van der Waals surface area contributed by atoms with E-state index in [1.54, 1.807) is 0 Å². The van der Waals surface area contributed by atoms with Gasteiger partial charge in [0.15, 0.2) is 5.96 Å². The summed E-state index contributed by atoms with van der Waals surface area (Å²) in [7, 11) is 1.94. The molecule has 1 saturated carbocycles. The second-order valence-corrected chi connectivity index (χ2v) is 5.16. The van der Waals surface area contributed by atoms with E-state index in [0.29, 0.717) is 6.04 Å². The first-order valence-corrected chi connectivity index (χ1v) is 7.30. The summed E-state index contributed by atoms with van der Waals surface area (Å²) in [6.45, 7) is 3.81. The first kappa shape index (κ1) is 17.3. The highest BCUT2D eigenvalue weighted by atomic mass is 127. The molecular formula is C14H26IN5. The minimum atomic E-state index is 0. The maximum Gasteiger partial charge on any atom is 0.191 e. The lowest BCUT2D eigenvalue weighted by molar-refractivity contribution is 0.614. The van der Waals surface area contributed by atoms with Crippen LogP contribution in [0, 0.1) is 0 Å². The number of aryl methyl sites for hydroxylation is 1. The molecule has 1 aliphatic carbocycles. The van der Waals surface area contributed by atoms with Crippen LogP contribution in [0.1, 0.15) is 38.2 Å². The minimum Gasteiger partial charge on any atom is -0.357 e. The van der Waals surface area contributed by atoms with Gasteiger partial charge in [-0.25, -0.2) is 0 Å². The number of halogens is 1. The SMILES string of the molecule is CCNC(=NCCc1cnn(C)c1)NC1CCCC1.I. The lowest BCUT2D eigenvalue weighted by Gasteiger charge is -2.16. The van der Waals surface area contributed by atoms with Gasteiger partial charge in [-0.15, -0.1) is 24.0 Å². The maximum atomic E-state index is 4.64. The van der Waals surface area contributed by atoms with E-state index in [4.69, 9.17) is 0 Å². The Morgan fingerprint density at radius 3 is 2.80 bits per heavy atom. The number of nitrogens with zero attached hydrogens (tertiary/aromatic N) is 3. The standard InChI is InChI=1S/C14H25N5.HI/c1-3-15-14(18-13-6-4-5-7-13)16-9-8-12-10-17-19(2)11-12;/h10-11,13H,3-9H2,1-2H3,(H2,15,16,18);1H. The van der Waals surface area contributed by atoms with Gasteiger partial charge in [-0.2, -0.15) is 5.10 Å². The smallest absolute Gasteiger partial charge is 0.191 e. The van der Waals surface area contributed by atoms with Gasteiger partial charge in [-0.1, -0.05) is 12.8 Å². The lowest BCUT2D eigenvalue weighted by atomic mass is 10.2. The van der Waals surface area contributed by atoms with Crippen molar-refractivity contribution in [3.63, 3.8) is 0 Å². The summed E-state index contributed by atoms with van der Waals surface area (Å²) in [5.74, 6) is 0.957. The lowest BCUT2D eigenvalue weighted by Crippen LogP contribution is -2.42. The molecule has 1 heterocycles. The predicted octanol–water partition coefficient (Wildman–Crippen LogP) is 2.08. The third-order valence-electron chi connectivity index (χ3n) is 3.47. The monoisotopic (exact) mass is 391 g/mol. The predicted molar refractivity (Wildman–Crippen MR) is 93.7 cm³/mol. The molecule has 0 radical (unpaired) electrons. The molecule has 0 saturated heterocycles. The summed E-state index contributed by atoms with van der Waals surface area (Å²) < 4.78 is 1.83. The van der Waals surface area contributed by atoms with Crippen molar-refractivity contribution in [3.05, 3.63) is 18.0 Å². The van der Waals surface area contributed by atoms with Crippen LogP contribution in [0.15, 0.2) is 17.4 Å². The molecule has 0 unspecified atom stereocenters. The Hall–Kier alpha value is -0.790. The Morgan fingerprint density at radius 2 is 2.20 bits per heavy atom. The van der Waals surface area contributed by atoms with Gasteiger partial charge in [0.2, 0.25) is 0 Å². The van der Waals surface area contributed by atoms with Crippen molar-refractivity contribution in [1.29, 1.82) is 0 Å². The Labute approximate surface area is 138 Å². The number of hydrogen-bond donors (Lipinski definition) is 2. The fourth-order valence-electron chi connectivity index (χ4n) is 2.48. The van der Waals surface area contributed by atoms with Crippen molar-refractivity contribution in [2.45, 2.75) is 45.1 Å². The summed E-state index contributed by atoms with van der Waals surface area (Å²) in [4.78, 5) is 4.64. The molecule has 1 aromatic rings. The number of aliphatic imine (C=N–C) groups is 1. The number of rotatable bonds is 5. The second kappa shape index (κ2) is 9.20. The molecule has 1 aromatic heterocycles. The van der Waals surface area contributed by atoms with Crippen LogP contribution in [0.25, 0.3) is 0 Å². The average Bonchev–Trinajstić information content (AvgIpc) is 3.01. The van der Waals surface area contributed by atoms with Crippen LogP contribution < -0.4 is 10.6 Å². The van der Waals surface area contributed by atoms with E-state index in [-0.39, 0.29) is 24.0 Å².